The fraction of sp³-hybridized carbons (Fsp3) is 0.938. The van der Waals surface area contributed by atoms with Crippen LogP contribution in [0.2, 0.25) is 0 Å². The van der Waals surface area contributed by atoms with Crippen molar-refractivity contribution in [3.05, 3.63) is 0 Å². The third-order valence-corrected chi connectivity index (χ3v) is 4.60. The second kappa shape index (κ2) is 9.35. The number of nitrogens with zero attached hydrogens (tertiary/aromatic N) is 1. The van der Waals surface area contributed by atoms with Crippen molar-refractivity contribution < 1.29 is 9.90 Å². The minimum Gasteiger partial charge on any atom is -0.481 e. The molecule has 3 nitrogen and oxygen atoms in total. The molecule has 0 atom stereocenters. The number of carbonyl (C=O) groups is 1. The van der Waals surface area contributed by atoms with Gasteiger partial charge in [-0.3, -0.25) is 4.79 Å². The molecule has 0 aromatic rings. The van der Waals surface area contributed by atoms with Crippen molar-refractivity contribution in [3.63, 3.8) is 0 Å². The van der Waals surface area contributed by atoms with Crippen LogP contribution in [0.25, 0.3) is 0 Å². The van der Waals surface area contributed by atoms with Crippen molar-refractivity contribution in [3.8, 4) is 0 Å². The second-order valence-corrected chi connectivity index (χ2v) is 6.00. The second-order valence-electron chi connectivity index (χ2n) is 6.00. The number of hydrogen-bond donors (Lipinski definition) is 1. The molecule has 112 valence electrons. The van der Waals surface area contributed by atoms with Crippen LogP contribution in [0.4, 0.5) is 0 Å². The van der Waals surface area contributed by atoms with Gasteiger partial charge in [0.05, 0.1) is 0 Å². The number of aliphatic carboxylic acids is 1. The Morgan fingerprint density at radius 1 is 0.947 bits per heavy atom. The Kier molecular flexibility index (Phi) is 8.11. The van der Waals surface area contributed by atoms with Gasteiger partial charge in [-0.25, -0.2) is 0 Å². The average Bonchev–Trinajstić information content (AvgIpc) is 2.49. The van der Waals surface area contributed by atoms with Gasteiger partial charge in [-0.15, -0.1) is 0 Å². The molecule has 0 heterocycles. The molecule has 2 rings (SSSR count). The van der Waals surface area contributed by atoms with Gasteiger partial charge >= 0.3 is 5.97 Å². The molecular weight excluding hydrogens is 238 g/mol. The Labute approximate surface area is 118 Å². The quantitative estimate of drug-likeness (QED) is 0.839. The summed E-state index contributed by atoms with van der Waals surface area (Å²) in [5.41, 5.74) is 0. The van der Waals surface area contributed by atoms with Gasteiger partial charge in [0.15, 0.2) is 0 Å². The zero-order valence-corrected chi connectivity index (χ0v) is 12.7. The largest absolute Gasteiger partial charge is 0.481 e. The smallest absolute Gasteiger partial charge is 0.303 e. The van der Waals surface area contributed by atoms with E-state index in [4.69, 9.17) is 5.11 Å². The van der Waals surface area contributed by atoms with Gasteiger partial charge in [0.1, 0.15) is 0 Å². The molecule has 0 saturated heterocycles. The van der Waals surface area contributed by atoms with E-state index in [9.17, 15) is 4.79 Å². The Balaban J connectivity index is 0.000000312. The SMILES string of the molecule is CCC(=O)O.CN(C1CCCCC1)C1CCCCC1. The van der Waals surface area contributed by atoms with E-state index in [1.54, 1.807) is 6.92 Å². The van der Waals surface area contributed by atoms with Crippen molar-refractivity contribution in [1.29, 1.82) is 0 Å². The molecule has 0 unspecified atom stereocenters. The van der Waals surface area contributed by atoms with E-state index >= 15 is 0 Å². The summed E-state index contributed by atoms with van der Waals surface area (Å²) in [6.07, 6.45) is 14.9. The zero-order valence-electron chi connectivity index (χ0n) is 12.7. The molecule has 0 bridgehead atoms. The highest BCUT2D eigenvalue weighted by Crippen LogP contribution is 2.28. The lowest BCUT2D eigenvalue weighted by atomic mass is 9.89. The predicted molar refractivity (Wildman–Crippen MR) is 79.4 cm³/mol. The van der Waals surface area contributed by atoms with Crippen LogP contribution in [-0.2, 0) is 4.79 Å². The number of carboxylic acids is 1. The molecule has 0 aliphatic heterocycles. The minimum atomic E-state index is -0.745. The summed E-state index contributed by atoms with van der Waals surface area (Å²) in [4.78, 5) is 12.1. The van der Waals surface area contributed by atoms with E-state index in [0.29, 0.717) is 0 Å². The number of hydrogen-bond acceptors (Lipinski definition) is 2. The maximum Gasteiger partial charge on any atom is 0.303 e. The minimum absolute atomic E-state index is 0.222. The van der Waals surface area contributed by atoms with Crippen LogP contribution in [0.15, 0.2) is 0 Å². The monoisotopic (exact) mass is 269 g/mol. The lowest BCUT2D eigenvalue weighted by Gasteiger charge is -2.39. The van der Waals surface area contributed by atoms with Crippen molar-refractivity contribution in [2.24, 2.45) is 0 Å². The summed E-state index contributed by atoms with van der Waals surface area (Å²) in [5.74, 6) is -0.745. The van der Waals surface area contributed by atoms with E-state index in [2.05, 4.69) is 11.9 Å². The molecule has 0 radical (unpaired) electrons. The Hall–Kier alpha value is -0.570. The molecule has 2 aliphatic rings. The van der Waals surface area contributed by atoms with Gasteiger partial charge in [0.25, 0.3) is 0 Å². The maximum absolute atomic E-state index is 9.37. The first-order valence-corrected chi connectivity index (χ1v) is 8.08. The number of rotatable bonds is 3. The third kappa shape index (κ3) is 6.42. The number of carboxylic acid groups (broad SMARTS) is 1. The normalized spacial score (nSPS) is 21.8. The Bertz CT molecular complexity index is 225. The molecule has 19 heavy (non-hydrogen) atoms. The van der Waals surface area contributed by atoms with Crippen LogP contribution in [-0.4, -0.2) is 35.1 Å². The molecule has 2 fully saturated rings. The predicted octanol–water partition coefficient (Wildman–Crippen LogP) is 4.06. The molecular formula is C16H31NO2. The summed E-state index contributed by atoms with van der Waals surface area (Å²) < 4.78 is 0. The molecule has 2 saturated carbocycles. The highest BCUT2D eigenvalue weighted by Gasteiger charge is 2.25. The first-order chi connectivity index (χ1) is 9.15. The lowest BCUT2D eigenvalue weighted by Crippen LogP contribution is -2.42. The average molecular weight is 269 g/mol. The zero-order chi connectivity index (χ0) is 14.1. The summed E-state index contributed by atoms with van der Waals surface area (Å²) in [7, 11) is 2.38. The molecule has 0 amide bonds. The third-order valence-electron chi connectivity index (χ3n) is 4.60. The van der Waals surface area contributed by atoms with Crippen molar-refractivity contribution >= 4 is 5.97 Å². The van der Waals surface area contributed by atoms with E-state index in [1.807, 2.05) is 0 Å². The first-order valence-electron chi connectivity index (χ1n) is 8.08. The van der Waals surface area contributed by atoms with Crippen LogP contribution in [0, 0.1) is 0 Å². The highest BCUT2D eigenvalue weighted by molar-refractivity contribution is 5.66. The van der Waals surface area contributed by atoms with Gasteiger partial charge < -0.3 is 10.0 Å². The van der Waals surface area contributed by atoms with E-state index in [-0.39, 0.29) is 6.42 Å². The molecule has 1 N–H and O–H groups in total. The van der Waals surface area contributed by atoms with Crippen molar-refractivity contribution in [1.82, 2.24) is 4.90 Å². The molecule has 3 heteroatoms. The van der Waals surface area contributed by atoms with Gasteiger partial charge in [-0.1, -0.05) is 45.4 Å². The molecule has 0 aromatic carbocycles. The van der Waals surface area contributed by atoms with Gasteiger partial charge in [0, 0.05) is 18.5 Å². The molecule has 0 spiro atoms. The summed E-state index contributed by atoms with van der Waals surface area (Å²) in [6, 6.07) is 1.85. The summed E-state index contributed by atoms with van der Waals surface area (Å²) in [5, 5.41) is 7.72. The van der Waals surface area contributed by atoms with E-state index < -0.39 is 5.97 Å². The van der Waals surface area contributed by atoms with Gasteiger partial charge in [0.2, 0.25) is 0 Å². The fourth-order valence-electron chi connectivity index (χ4n) is 3.27. The van der Waals surface area contributed by atoms with Gasteiger partial charge in [-0.2, -0.15) is 0 Å². The maximum atomic E-state index is 9.37. The van der Waals surface area contributed by atoms with Crippen LogP contribution >= 0.6 is 0 Å². The molecule has 2 aliphatic carbocycles. The van der Waals surface area contributed by atoms with Crippen LogP contribution in [0.3, 0.4) is 0 Å². The van der Waals surface area contributed by atoms with Crippen LogP contribution in [0.1, 0.15) is 77.6 Å². The topological polar surface area (TPSA) is 40.5 Å². The van der Waals surface area contributed by atoms with Crippen molar-refractivity contribution in [2.75, 3.05) is 7.05 Å². The van der Waals surface area contributed by atoms with Crippen molar-refractivity contribution in [2.45, 2.75) is 89.6 Å². The fourth-order valence-corrected chi connectivity index (χ4v) is 3.27. The Morgan fingerprint density at radius 2 is 1.26 bits per heavy atom. The standard InChI is InChI=1S/C13H25N.C3H6O2/c1-14(12-8-4-2-5-9-12)13-10-6-3-7-11-13;1-2-3(4)5/h12-13H,2-11H2,1H3;2H2,1H3,(H,4,5). The van der Waals surface area contributed by atoms with Gasteiger partial charge in [-0.05, 0) is 32.7 Å². The van der Waals surface area contributed by atoms with E-state index in [0.717, 1.165) is 12.1 Å². The summed E-state index contributed by atoms with van der Waals surface area (Å²) in [6.45, 7) is 1.60. The lowest BCUT2D eigenvalue weighted by molar-refractivity contribution is -0.136. The van der Waals surface area contributed by atoms with Crippen LogP contribution in [0.5, 0.6) is 0 Å². The van der Waals surface area contributed by atoms with Crippen LogP contribution < -0.4 is 0 Å². The Morgan fingerprint density at radius 3 is 1.53 bits per heavy atom. The molecule has 0 aromatic heterocycles. The summed E-state index contributed by atoms with van der Waals surface area (Å²) >= 11 is 0. The van der Waals surface area contributed by atoms with E-state index in [1.165, 1.54) is 64.2 Å². The first kappa shape index (κ1) is 16.5. The highest BCUT2D eigenvalue weighted by atomic mass is 16.4.